The zero-order valence-corrected chi connectivity index (χ0v) is 11.8. The molecular weight excluding hydrogens is 215 g/mol. The normalized spacial score (nSPS) is 13.4. The van der Waals surface area contributed by atoms with E-state index in [9.17, 15) is 8.42 Å². The number of unbranched alkanes of at least 4 members (excludes halogenated alkanes) is 4. The average molecular weight is 233 g/mol. The van der Waals surface area contributed by atoms with Crippen LogP contribution in [0.25, 0.3) is 0 Å². The maximum absolute atomic E-state index is 10.4. The van der Waals surface area contributed by atoms with Crippen LogP contribution < -0.4 is 29.6 Å². The summed E-state index contributed by atoms with van der Waals surface area (Å²) in [6, 6.07) is 0. The Kier molecular flexibility index (Phi) is 11.3. The van der Waals surface area contributed by atoms with Gasteiger partial charge in [0, 0.05) is 0 Å². The number of rotatable bonds is 7. The van der Waals surface area contributed by atoms with Gasteiger partial charge < -0.3 is 5.11 Å². The van der Waals surface area contributed by atoms with Crippen molar-refractivity contribution in [1.82, 2.24) is 0 Å². The van der Waals surface area contributed by atoms with Gasteiger partial charge in [0.15, 0.2) is 5.44 Å². The van der Waals surface area contributed by atoms with Gasteiger partial charge in [-0.2, -0.15) is 8.42 Å². The Morgan fingerprint density at radius 2 is 1.64 bits per heavy atom. The van der Waals surface area contributed by atoms with Crippen molar-refractivity contribution in [1.29, 1.82) is 0 Å². The molecule has 0 aromatic rings. The van der Waals surface area contributed by atoms with Gasteiger partial charge >= 0.3 is 29.6 Å². The predicted octanol–water partition coefficient (Wildman–Crippen LogP) is -1.44. The Labute approximate surface area is 108 Å². The van der Waals surface area contributed by atoms with Crippen molar-refractivity contribution in [2.75, 3.05) is 0 Å². The molecule has 0 heterocycles. The summed E-state index contributed by atoms with van der Waals surface area (Å²) >= 11 is 0. The molecule has 2 N–H and O–H groups in total. The van der Waals surface area contributed by atoms with Gasteiger partial charge in [0.25, 0.3) is 10.1 Å². The molecule has 0 rings (SSSR count). The van der Waals surface area contributed by atoms with E-state index in [4.69, 9.17) is 9.66 Å². The second kappa shape index (κ2) is 9.12. The zero-order chi connectivity index (χ0) is 10.3. The molecule has 0 fully saturated rings. The van der Waals surface area contributed by atoms with Crippen molar-refractivity contribution in [2.24, 2.45) is 0 Å². The van der Waals surface area contributed by atoms with Gasteiger partial charge in [-0.05, 0) is 12.8 Å². The molecule has 0 radical (unpaired) electrons. The minimum atomic E-state index is -4.24. The molecule has 1 atom stereocenters. The average Bonchev–Trinajstić information content (AvgIpc) is 2.02. The molecule has 0 aliphatic heterocycles. The minimum absolute atomic E-state index is 0. The van der Waals surface area contributed by atoms with Crippen LogP contribution >= 0.6 is 0 Å². The molecule has 80 valence electrons. The SMILES string of the molecule is CCCCCCCC(O)S(=O)(=O)O.[Na+]. The molecule has 0 aliphatic carbocycles. The molecule has 6 heteroatoms. The Morgan fingerprint density at radius 1 is 1.14 bits per heavy atom. The Balaban J connectivity index is 0. The smallest absolute Gasteiger partial charge is 0.375 e. The summed E-state index contributed by atoms with van der Waals surface area (Å²) in [4.78, 5) is 0. The van der Waals surface area contributed by atoms with E-state index in [0.717, 1.165) is 25.7 Å². The summed E-state index contributed by atoms with van der Waals surface area (Å²) in [5.41, 5.74) is -1.60. The summed E-state index contributed by atoms with van der Waals surface area (Å²) in [7, 11) is -4.24. The fourth-order valence-electron chi connectivity index (χ4n) is 1.07. The molecule has 0 bridgehead atoms. The largest absolute Gasteiger partial charge is 1.00 e. The Bertz CT molecular complexity index is 215. The van der Waals surface area contributed by atoms with E-state index in [1.165, 1.54) is 0 Å². The molecule has 0 aliphatic rings. The molecule has 1 unspecified atom stereocenters. The van der Waals surface area contributed by atoms with Crippen molar-refractivity contribution in [3.8, 4) is 0 Å². The van der Waals surface area contributed by atoms with Crippen LogP contribution in [0.1, 0.15) is 45.4 Å². The molecule has 0 saturated carbocycles. The number of hydrogen-bond acceptors (Lipinski definition) is 3. The molecule has 0 spiro atoms. The molecular formula is C8H18NaO4S+. The van der Waals surface area contributed by atoms with E-state index in [0.29, 0.717) is 6.42 Å². The van der Waals surface area contributed by atoms with Crippen LogP contribution in [0.2, 0.25) is 0 Å². The Hall–Kier alpha value is 0.870. The third-order valence-electron chi connectivity index (χ3n) is 1.90. The maximum atomic E-state index is 10.4. The summed E-state index contributed by atoms with van der Waals surface area (Å²) in [5, 5.41) is 8.90. The van der Waals surface area contributed by atoms with Crippen LogP contribution in [0.15, 0.2) is 0 Å². The van der Waals surface area contributed by atoms with E-state index in [1.807, 2.05) is 0 Å². The molecule has 0 saturated heterocycles. The maximum Gasteiger partial charge on any atom is 1.00 e. The molecule has 0 aromatic carbocycles. The van der Waals surface area contributed by atoms with Gasteiger partial charge in [0.05, 0.1) is 0 Å². The van der Waals surface area contributed by atoms with E-state index < -0.39 is 15.6 Å². The molecule has 4 nitrogen and oxygen atoms in total. The first kappa shape index (κ1) is 17.3. The van der Waals surface area contributed by atoms with Crippen molar-refractivity contribution < 1.29 is 47.6 Å². The van der Waals surface area contributed by atoms with Gasteiger partial charge in [0.2, 0.25) is 0 Å². The first-order valence-corrected chi connectivity index (χ1v) is 6.13. The molecule has 0 aromatic heterocycles. The van der Waals surface area contributed by atoms with Gasteiger partial charge in [-0.15, -0.1) is 0 Å². The zero-order valence-electron chi connectivity index (χ0n) is 8.94. The minimum Gasteiger partial charge on any atom is -0.375 e. The van der Waals surface area contributed by atoms with Crippen molar-refractivity contribution in [3.05, 3.63) is 0 Å². The standard InChI is InChI=1S/C8H18O4S.Na/c1-2-3-4-5-6-7-8(9)13(10,11)12;/h8-9H,2-7H2,1H3,(H,10,11,12);/q;+1. The van der Waals surface area contributed by atoms with Gasteiger partial charge in [-0.1, -0.05) is 32.6 Å². The summed E-state index contributed by atoms with van der Waals surface area (Å²) in [6.45, 7) is 2.09. The van der Waals surface area contributed by atoms with E-state index in [1.54, 1.807) is 0 Å². The van der Waals surface area contributed by atoms with Crippen molar-refractivity contribution in [2.45, 2.75) is 50.9 Å². The summed E-state index contributed by atoms with van der Waals surface area (Å²) < 4.78 is 29.1. The molecule has 14 heavy (non-hydrogen) atoms. The fraction of sp³-hybridized carbons (Fsp3) is 1.00. The topological polar surface area (TPSA) is 74.6 Å². The first-order valence-electron chi connectivity index (χ1n) is 4.63. The first-order chi connectivity index (χ1) is 5.98. The number of aliphatic hydroxyl groups excluding tert-OH is 1. The van der Waals surface area contributed by atoms with E-state index >= 15 is 0 Å². The van der Waals surface area contributed by atoms with Crippen molar-refractivity contribution >= 4 is 10.1 Å². The van der Waals surface area contributed by atoms with Gasteiger partial charge in [-0.25, -0.2) is 0 Å². The van der Waals surface area contributed by atoms with Gasteiger partial charge in [0.1, 0.15) is 0 Å². The van der Waals surface area contributed by atoms with Crippen LogP contribution in [0.5, 0.6) is 0 Å². The van der Waals surface area contributed by atoms with E-state index in [-0.39, 0.29) is 36.0 Å². The third-order valence-corrected chi connectivity index (χ3v) is 2.82. The number of aliphatic hydroxyl groups is 1. The molecule has 0 amide bonds. The fourth-order valence-corrected chi connectivity index (χ4v) is 1.54. The van der Waals surface area contributed by atoms with Crippen LogP contribution in [0.3, 0.4) is 0 Å². The quantitative estimate of drug-likeness (QED) is 0.321. The second-order valence-electron chi connectivity index (χ2n) is 3.17. The van der Waals surface area contributed by atoms with E-state index in [2.05, 4.69) is 6.92 Å². The van der Waals surface area contributed by atoms with Crippen LogP contribution in [-0.2, 0) is 10.1 Å². The third kappa shape index (κ3) is 9.43. The van der Waals surface area contributed by atoms with Crippen LogP contribution in [0.4, 0.5) is 0 Å². The van der Waals surface area contributed by atoms with Crippen LogP contribution in [0, 0.1) is 0 Å². The monoisotopic (exact) mass is 233 g/mol. The number of hydrogen-bond donors (Lipinski definition) is 2. The van der Waals surface area contributed by atoms with Gasteiger partial charge in [-0.3, -0.25) is 4.55 Å². The predicted molar refractivity (Wildman–Crippen MR) is 50.9 cm³/mol. The second-order valence-corrected chi connectivity index (χ2v) is 4.75. The Morgan fingerprint density at radius 3 is 2.07 bits per heavy atom. The van der Waals surface area contributed by atoms with Crippen LogP contribution in [-0.4, -0.2) is 23.5 Å². The summed E-state index contributed by atoms with van der Waals surface area (Å²) in [6.07, 6.45) is 4.97. The van der Waals surface area contributed by atoms with Crippen molar-refractivity contribution in [3.63, 3.8) is 0 Å². The summed E-state index contributed by atoms with van der Waals surface area (Å²) in [5.74, 6) is 0.